The van der Waals surface area contributed by atoms with Crippen molar-refractivity contribution < 1.29 is 9.47 Å². The Bertz CT molecular complexity index is 1260. The van der Waals surface area contributed by atoms with Crippen molar-refractivity contribution in [3.63, 3.8) is 0 Å². The highest BCUT2D eigenvalue weighted by Gasteiger charge is 2.43. The highest BCUT2D eigenvalue weighted by atomic mass is 31.2. The Morgan fingerprint density at radius 1 is 0.658 bits per heavy atom. The molecule has 1 aliphatic heterocycles. The van der Waals surface area contributed by atoms with Crippen LogP contribution in [-0.2, 0) is 0 Å². The van der Waals surface area contributed by atoms with Crippen molar-refractivity contribution in [2.45, 2.75) is 38.0 Å². The van der Waals surface area contributed by atoms with Crippen molar-refractivity contribution >= 4 is 26.8 Å². The Hall–Kier alpha value is -2.70. The summed E-state index contributed by atoms with van der Waals surface area (Å²) in [6.45, 7) is 4.35. The first-order valence-corrected chi connectivity index (χ1v) is 15.9. The summed E-state index contributed by atoms with van der Waals surface area (Å²) in [7, 11) is 4.65. The van der Waals surface area contributed by atoms with E-state index in [9.17, 15) is 0 Å². The smallest absolute Gasteiger partial charge is 0.119 e. The Labute approximate surface area is 230 Å². The molecule has 0 aliphatic carbocycles. The van der Waals surface area contributed by atoms with Gasteiger partial charge in [0.2, 0.25) is 0 Å². The average Bonchev–Trinajstić information content (AvgIpc) is 3.39. The average molecular weight is 542 g/mol. The van der Waals surface area contributed by atoms with Gasteiger partial charge < -0.3 is 9.47 Å². The van der Waals surface area contributed by atoms with Crippen LogP contribution in [-0.4, -0.2) is 25.7 Å². The SMILES string of the molecule is COc1cc(C)cc([C@@H]2CC[C@@H](c3cc(C)cc(OC)c3)P2N(C)P(c2ccccc2)c2ccccc2)c1. The molecular formula is C33H37NO2P2. The standard InChI is InChI=1S/C33H37NO2P2/c1-24-18-26(22-28(20-24)35-4)32-16-17-33(27-19-25(2)21-29(23-27)36-5)38(32)34(3)37(30-12-8-6-9-13-30)31-14-10-7-11-15-31/h6-15,18-23,32-33H,16-17H2,1-5H3/t32-,33-/m0/s1. The van der Waals surface area contributed by atoms with E-state index in [1.54, 1.807) is 14.2 Å². The minimum absolute atomic E-state index is 0.456. The molecule has 38 heavy (non-hydrogen) atoms. The zero-order chi connectivity index (χ0) is 26.6. The quantitative estimate of drug-likeness (QED) is 0.210. The summed E-state index contributed by atoms with van der Waals surface area (Å²) in [5.74, 6) is 1.90. The second-order valence-electron chi connectivity index (χ2n) is 10.0. The predicted molar refractivity (Wildman–Crippen MR) is 164 cm³/mol. The van der Waals surface area contributed by atoms with E-state index in [1.165, 1.54) is 32.9 Å². The first-order chi connectivity index (χ1) is 18.5. The van der Waals surface area contributed by atoms with E-state index in [-0.39, 0.29) is 0 Å². The molecule has 2 atom stereocenters. The van der Waals surface area contributed by atoms with Gasteiger partial charge in [0.05, 0.1) is 14.2 Å². The number of benzene rings is 4. The zero-order valence-corrected chi connectivity index (χ0v) is 24.8. The molecule has 0 aromatic heterocycles. The Kier molecular flexibility index (Phi) is 8.49. The molecule has 1 heterocycles. The van der Waals surface area contributed by atoms with Crippen molar-refractivity contribution in [2.75, 3.05) is 21.3 Å². The minimum atomic E-state index is -0.695. The van der Waals surface area contributed by atoms with Gasteiger partial charge in [0, 0.05) is 19.4 Å². The minimum Gasteiger partial charge on any atom is -0.497 e. The second kappa shape index (κ2) is 12.0. The molecule has 5 heteroatoms. The molecule has 1 aliphatic rings. The number of ether oxygens (including phenoxy) is 2. The molecule has 196 valence electrons. The second-order valence-corrected chi connectivity index (χ2v) is 15.2. The summed E-state index contributed by atoms with van der Waals surface area (Å²) in [5, 5.41) is 2.79. The fraction of sp³-hybridized carbons (Fsp3) is 0.273. The predicted octanol–water partition coefficient (Wildman–Crippen LogP) is 8.27. The van der Waals surface area contributed by atoms with Crippen molar-refractivity contribution in [1.82, 2.24) is 4.44 Å². The van der Waals surface area contributed by atoms with Crippen LogP contribution in [0.4, 0.5) is 0 Å². The third-order valence-electron chi connectivity index (χ3n) is 7.36. The third kappa shape index (κ3) is 5.67. The van der Waals surface area contributed by atoms with Crippen LogP contribution in [0.5, 0.6) is 11.5 Å². The number of rotatable bonds is 8. The van der Waals surface area contributed by atoms with Gasteiger partial charge in [0.15, 0.2) is 0 Å². The van der Waals surface area contributed by atoms with Crippen LogP contribution in [0, 0.1) is 13.8 Å². The maximum atomic E-state index is 5.72. The van der Waals surface area contributed by atoms with Crippen LogP contribution in [0.25, 0.3) is 0 Å². The maximum Gasteiger partial charge on any atom is 0.119 e. The Morgan fingerprint density at radius 2 is 1.08 bits per heavy atom. The van der Waals surface area contributed by atoms with E-state index >= 15 is 0 Å². The summed E-state index contributed by atoms with van der Waals surface area (Å²) in [5.41, 5.74) is 6.23. The molecular weight excluding hydrogens is 504 g/mol. The van der Waals surface area contributed by atoms with E-state index in [4.69, 9.17) is 9.47 Å². The number of methoxy groups -OCH3 is 2. The lowest BCUT2D eigenvalue weighted by molar-refractivity contribution is 0.413. The lowest BCUT2D eigenvalue weighted by Gasteiger charge is -2.40. The van der Waals surface area contributed by atoms with Crippen LogP contribution < -0.4 is 20.1 Å². The molecule has 1 saturated heterocycles. The molecule has 0 radical (unpaired) electrons. The first kappa shape index (κ1) is 26.9. The lowest BCUT2D eigenvalue weighted by Crippen LogP contribution is -2.24. The van der Waals surface area contributed by atoms with E-state index in [2.05, 4.69) is 122 Å². The van der Waals surface area contributed by atoms with Gasteiger partial charge in [-0.05, 0) is 98.9 Å². The first-order valence-electron chi connectivity index (χ1n) is 13.2. The third-order valence-corrected chi connectivity index (χ3v) is 13.7. The molecule has 4 aromatic rings. The molecule has 0 saturated carbocycles. The Balaban J connectivity index is 1.65. The van der Waals surface area contributed by atoms with Crippen LogP contribution in [0.3, 0.4) is 0 Å². The van der Waals surface area contributed by atoms with Crippen LogP contribution >= 0.6 is 16.1 Å². The summed E-state index contributed by atoms with van der Waals surface area (Å²) in [6, 6.07) is 35.7. The van der Waals surface area contributed by atoms with E-state index in [0.29, 0.717) is 11.3 Å². The van der Waals surface area contributed by atoms with Crippen LogP contribution in [0.1, 0.15) is 46.4 Å². The molecule has 0 unspecified atom stereocenters. The van der Waals surface area contributed by atoms with Gasteiger partial charge >= 0.3 is 0 Å². The van der Waals surface area contributed by atoms with Crippen molar-refractivity contribution in [3.8, 4) is 11.5 Å². The maximum absolute atomic E-state index is 5.72. The number of hydrogen-bond donors (Lipinski definition) is 0. The van der Waals surface area contributed by atoms with E-state index in [1.807, 2.05) is 0 Å². The van der Waals surface area contributed by atoms with Gasteiger partial charge in [0.1, 0.15) is 11.5 Å². The highest BCUT2D eigenvalue weighted by molar-refractivity contribution is 7.79. The summed E-state index contributed by atoms with van der Waals surface area (Å²) in [4.78, 5) is 0. The largest absolute Gasteiger partial charge is 0.497 e. The summed E-state index contributed by atoms with van der Waals surface area (Å²) >= 11 is 0. The van der Waals surface area contributed by atoms with Gasteiger partial charge in [-0.1, -0.05) is 72.8 Å². The van der Waals surface area contributed by atoms with E-state index in [0.717, 1.165) is 24.3 Å². The van der Waals surface area contributed by atoms with Crippen LogP contribution in [0.2, 0.25) is 0 Å². The molecule has 0 bridgehead atoms. The lowest BCUT2D eigenvalue weighted by atomic mass is 10.0. The van der Waals surface area contributed by atoms with Gasteiger partial charge in [-0.3, -0.25) is 4.44 Å². The van der Waals surface area contributed by atoms with E-state index < -0.39 is 16.1 Å². The highest BCUT2D eigenvalue weighted by Crippen LogP contribution is 2.75. The Morgan fingerprint density at radius 3 is 1.47 bits per heavy atom. The van der Waals surface area contributed by atoms with Crippen molar-refractivity contribution in [1.29, 1.82) is 0 Å². The number of hydrogen-bond acceptors (Lipinski definition) is 3. The van der Waals surface area contributed by atoms with Gasteiger partial charge in [-0.15, -0.1) is 0 Å². The van der Waals surface area contributed by atoms with Crippen molar-refractivity contribution in [2.24, 2.45) is 0 Å². The molecule has 0 spiro atoms. The van der Waals surface area contributed by atoms with Gasteiger partial charge in [-0.2, -0.15) is 0 Å². The van der Waals surface area contributed by atoms with Gasteiger partial charge in [0.25, 0.3) is 0 Å². The molecule has 1 fully saturated rings. The van der Waals surface area contributed by atoms with Gasteiger partial charge in [-0.25, -0.2) is 0 Å². The monoisotopic (exact) mass is 541 g/mol. The molecule has 5 rings (SSSR count). The normalized spacial score (nSPS) is 17.8. The summed E-state index contributed by atoms with van der Waals surface area (Å²) < 4.78 is 14.2. The topological polar surface area (TPSA) is 21.7 Å². The number of nitrogens with zero attached hydrogens (tertiary/aromatic N) is 1. The van der Waals surface area contributed by atoms with Crippen molar-refractivity contribution in [3.05, 3.63) is 119 Å². The van der Waals surface area contributed by atoms with Crippen LogP contribution in [0.15, 0.2) is 97.1 Å². The molecule has 0 N–H and O–H groups in total. The fourth-order valence-electron chi connectivity index (χ4n) is 5.74. The number of aryl methyl sites for hydroxylation is 2. The zero-order valence-electron chi connectivity index (χ0n) is 23.0. The molecule has 4 aromatic carbocycles. The fourth-order valence-corrected chi connectivity index (χ4v) is 12.8. The molecule has 0 amide bonds. The summed E-state index contributed by atoms with van der Waals surface area (Å²) in [6.07, 6.45) is 2.33. The molecule has 3 nitrogen and oxygen atoms in total.